The fraction of sp³-hybridized carbons (Fsp3) is 0.688. The van der Waals surface area contributed by atoms with Crippen LogP contribution in [0.25, 0.3) is 0 Å². The summed E-state index contributed by atoms with van der Waals surface area (Å²) in [6.07, 6.45) is 1.68. The lowest BCUT2D eigenvalue weighted by molar-refractivity contribution is -0.0267. The van der Waals surface area contributed by atoms with Crippen LogP contribution in [0.4, 0.5) is 14.6 Å². The van der Waals surface area contributed by atoms with E-state index in [-0.39, 0.29) is 29.8 Å². The number of alkyl halides is 2. The molecular weight excluding hydrogens is 320 g/mol. The molecule has 1 N–H and O–H groups in total. The first-order chi connectivity index (χ1) is 10.5. The average Bonchev–Trinajstić information content (AvgIpc) is 2.40. The van der Waals surface area contributed by atoms with Gasteiger partial charge in [0.25, 0.3) is 5.92 Å². The zero-order chi connectivity index (χ0) is 17.4. The van der Waals surface area contributed by atoms with Crippen molar-refractivity contribution in [3.63, 3.8) is 0 Å². The van der Waals surface area contributed by atoms with Crippen molar-refractivity contribution in [2.24, 2.45) is 5.92 Å². The summed E-state index contributed by atoms with van der Waals surface area (Å²) < 4.78 is 41.0. The van der Waals surface area contributed by atoms with Crippen LogP contribution in [0.15, 0.2) is 18.3 Å². The molecule has 2 rings (SSSR count). The minimum Gasteiger partial charge on any atom is -0.344 e. The largest absolute Gasteiger partial charge is 0.344 e. The van der Waals surface area contributed by atoms with Crippen LogP contribution in [-0.4, -0.2) is 33.0 Å². The van der Waals surface area contributed by atoms with E-state index in [9.17, 15) is 13.0 Å². The molecule has 1 unspecified atom stereocenters. The monoisotopic (exact) mass is 345 g/mol. The van der Waals surface area contributed by atoms with Gasteiger partial charge in [0.1, 0.15) is 5.82 Å². The zero-order valence-electron chi connectivity index (χ0n) is 14.3. The highest BCUT2D eigenvalue weighted by molar-refractivity contribution is 7.84. The van der Waals surface area contributed by atoms with Gasteiger partial charge in [-0.25, -0.2) is 22.7 Å². The molecule has 0 bridgehead atoms. The van der Waals surface area contributed by atoms with Crippen molar-refractivity contribution in [2.75, 3.05) is 18.0 Å². The Balaban J connectivity index is 2.10. The third-order valence-electron chi connectivity index (χ3n) is 3.76. The molecule has 7 heteroatoms. The van der Waals surface area contributed by atoms with Crippen LogP contribution in [0.2, 0.25) is 0 Å². The van der Waals surface area contributed by atoms with Crippen molar-refractivity contribution in [1.29, 1.82) is 0 Å². The smallest absolute Gasteiger partial charge is 0.282 e. The summed E-state index contributed by atoms with van der Waals surface area (Å²) in [5.41, 5.74) is 0.911. The maximum absolute atomic E-state index is 12.9. The highest BCUT2D eigenvalue weighted by Gasteiger charge is 2.44. The van der Waals surface area contributed by atoms with Crippen LogP contribution in [-0.2, 0) is 11.0 Å². The van der Waals surface area contributed by atoms with Gasteiger partial charge in [-0.2, -0.15) is 0 Å². The molecular formula is C16H25F2N3OS. The molecule has 0 amide bonds. The van der Waals surface area contributed by atoms with Crippen LogP contribution >= 0.6 is 0 Å². The Labute approximate surface area is 139 Å². The van der Waals surface area contributed by atoms with Gasteiger partial charge in [-0.3, -0.25) is 0 Å². The fourth-order valence-electron chi connectivity index (χ4n) is 2.32. The topological polar surface area (TPSA) is 45.2 Å². The van der Waals surface area contributed by atoms with Crippen molar-refractivity contribution in [3.8, 4) is 0 Å². The van der Waals surface area contributed by atoms with E-state index in [1.807, 2.05) is 40.7 Å². The van der Waals surface area contributed by atoms with Crippen LogP contribution in [0.1, 0.15) is 46.2 Å². The van der Waals surface area contributed by atoms with Crippen molar-refractivity contribution < 1.29 is 13.0 Å². The minimum absolute atomic E-state index is 0.102. The third kappa shape index (κ3) is 4.47. The third-order valence-corrected chi connectivity index (χ3v) is 5.34. The Bertz CT molecular complexity index is 562. The second-order valence-electron chi connectivity index (χ2n) is 7.38. The second kappa shape index (κ2) is 6.43. The predicted molar refractivity (Wildman–Crippen MR) is 90.0 cm³/mol. The number of nitrogens with zero attached hydrogens (tertiary/aromatic N) is 2. The SMILES string of the molecule is CC(C)[C@H](NS(=O)C(C)(C)C)c1ccc(N2CC(F)(F)C2)nc1. The summed E-state index contributed by atoms with van der Waals surface area (Å²) >= 11 is 0. The van der Waals surface area contributed by atoms with E-state index in [0.29, 0.717) is 5.82 Å². The lowest BCUT2D eigenvalue weighted by atomic mass is 9.98. The first kappa shape index (κ1) is 18.3. The summed E-state index contributed by atoms with van der Waals surface area (Å²) in [7, 11) is -1.19. The van der Waals surface area contributed by atoms with E-state index in [4.69, 9.17) is 0 Å². The van der Waals surface area contributed by atoms with E-state index in [0.717, 1.165) is 5.56 Å². The molecule has 1 fully saturated rings. The van der Waals surface area contributed by atoms with Gasteiger partial charge in [0.15, 0.2) is 0 Å². The molecule has 1 aliphatic rings. The number of rotatable bonds is 5. The number of pyridine rings is 1. The maximum atomic E-state index is 12.9. The molecule has 2 heterocycles. The fourth-order valence-corrected chi connectivity index (χ4v) is 3.32. The lowest BCUT2D eigenvalue weighted by Gasteiger charge is -2.39. The summed E-state index contributed by atoms with van der Waals surface area (Å²) in [5, 5.41) is 0. The van der Waals surface area contributed by atoms with Crippen LogP contribution in [0.5, 0.6) is 0 Å². The van der Waals surface area contributed by atoms with Crippen LogP contribution < -0.4 is 9.62 Å². The number of nitrogens with one attached hydrogen (secondary N) is 1. The van der Waals surface area contributed by atoms with E-state index >= 15 is 0 Å². The second-order valence-corrected chi connectivity index (χ2v) is 9.38. The first-order valence-corrected chi connectivity index (χ1v) is 8.91. The molecule has 0 radical (unpaired) electrons. The van der Waals surface area contributed by atoms with Crippen molar-refractivity contribution in [3.05, 3.63) is 23.9 Å². The van der Waals surface area contributed by atoms with Gasteiger partial charge in [0.2, 0.25) is 0 Å². The molecule has 0 spiro atoms. The van der Waals surface area contributed by atoms with Crippen LogP contribution in [0, 0.1) is 5.92 Å². The van der Waals surface area contributed by atoms with E-state index in [1.54, 1.807) is 17.2 Å². The van der Waals surface area contributed by atoms with Crippen molar-refractivity contribution in [2.45, 2.75) is 51.3 Å². The first-order valence-electron chi connectivity index (χ1n) is 7.76. The Morgan fingerprint density at radius 1 is 1.30 bits per heavy atom. The molecule has 130 valence electrons. The van der Waals surface area contributed by atoms with Crippen molar-refractivity contribution in [1.82, 2.24) is 9.71 Å². The molecule has 1 aromatic heterocycles. The Kier molecular flexibility index (Phi) is 5.11. The highest BCUT2D eigenvalue weighted by atomic mass is 32.2. The summed E-state index contributed by atoms with van der Waals surface area (Å²) in [6, 6.07) is 3.52. The van der Waals surface area contributed by atoms with Gasteiger partial charge in [-0.05, 0) is 38.3 Å². The van der Waals surface area contributed by atoms with Gasteiger partial charge < -0.3 is 4.90 Å². The Hall–Kier alpha value is -1.08. The van der Waals surface area contributed by atoms with Gasteiger partial charge >= 0.3 is 0 Å². The minimum atomic E-state index is -2.61. The molecule has 0 saturated carbocycles. The molecule has 23 heavy (non-hydrogen) atoms. The normalized spacial score (nSPS) is 20.3. The lowest BCUT2D eigenvalue weighted by Crippen LogP contribution is -2.56. The number of hydrogen-bond acceptors (Lipinski definition) is 3. The van der Waals surface area contributed by atoms with Crippen LogP contribution in [0.3, 0.4) is 0 Å². The zero-order valence-corrected chi connectivity index (χ0v) is 15.1. The Morgan fingerprint density at radius 3 is 2.30 bits per heavy atom. The van der Waals surface area contributed by atoms with Crippen molar-refractivity contribution >= 4 is 16.8 Å². The molecule has 2 atom stereocenters. The molecule has 1 saturated heterocycles. The number of aromatic nitrogens is 1. The molecule has 1 aromatic rings. The molecule has 0 aromatic carbocycles. The Morgan fingerprint density at radius 2 is 1.91 bits per heavy atom. The number of hydrogen-bond donors (Lipinski definition) is 1. The summed E-state index contributed by atoms with van der Waals surface area (Å²) in [4.78, 5) is 5.84. The van der Waals surface area contributed by atoms with E-state index in [2.05, 4.69) is 9.71 Å². The molecule has 4 nitrogen and oxygen atoms in total. The van der Waals surface area contributed by atoms with E-state index in [1.165, 1.54) is 0 Å². The van der Waals surface area contributed by atoms with Gasteiger partial charge in [0, 0.05) is 12.2 Å². The highest BCUT2D eigenvalue weighted by Crippen LogP contribution is 2.31. The maximum Gasteiger partial charge on any atom is 0.282 e. The summed E-state index contributed by atoms with van der Waals surface area (Å²) in [5.74, 6) is -1.83. The van der Waals surface area contributed by atoms with Gasteiger partial charge in [0.05, 0.1) is 28.8 Å². The predicted octanol–water partition coefficient (Wildman–Crippen LogP) is 3.29. The van der Waals surface area contributed by atoms with Gasteiger partial charge in [-0.15, -0.1) is 0 Å². The molecule has 1 aliphatic heterocycles. The summed E-state index contributed by atoms with van der Waals surface area (Å²) in [6.45, 7) is 9.28. The number of anilines is 1. The standard InChI is InChI=1S/C16H25F2N3OS/c1-11(2)14(20-23(22)15(3,4)5)12-6-7-13(19-8-12)21-9-16(17,18)10-21/h6-8,11,14,20H,9-10H2,1-5H3/t14-,23?/m0/s1. The van der Waals surface area contributed by atoms with E-state index < -0.39 is 16.9 Å². The quantitative estimate of drug-likeness (QED) is 0.891. The number of halogens is 2. The average molecular weight is 345 g/mol. The molecule has 0 aliphatic carbocycles. The van der Waals surface area contributed by atoms with Gasteiger partial charge in [-0.1, -0.05) is 19.9 Å².